The van der Waals surface area contributed by atoms with Crippen molar-refractivity contribution < 1.29 is 14.3 Å². The second-order valence-electron chi connectivity index (χ2n) is 7.64. The number of nitrogens with one attached hydrogen (secondary N) is 1. The number of rotatable bonds is 11. The third-order valence-electron chi connectivity index (χ3n) is 4.65. The van der Waals surface area contributed by atoms with Gasteiger partial charge in [0.2, 0.25) is 5.91 Å². The number of aromatic nitrogens is 2. The van der Waals surface area contributed by atoms with Crippen LogP contribution in [0.1, 0.15) is 32.8 Å². The predicted octanol–water partition coefficient (Wildman–Crippen LogP) is 1.79. The van der Waals surface area contributed by atoms with Gasteiger partial charge >= 0.3 is 5.69 Å². The summed E-state index contributed by atoms with van der Waals surface area (Å²) in [5, 5.41) is 0. The van der Waals surface area contributed by atoms with E-state index in [1.54, 1.807) is 19.2 Å². The van der Waals surface area contributed by atoms with Crippen LogP contribution in [0.25, 0.3) is 0 Å². The van der Waals surface area contributed by atoms with Gasteiger partial charge in [-0.05, 0) is 37.0 Å². The van der Waals surface area contributed by atoms with Gasteiger partial charge in [-0.25, -0.2) is 4.79 Å². The molecule has 0 atom stereocenters. The average molecular weight is 433 g/mol. The van der Waals surface area contributed by atoms with Gasteiger partial charge < -0.3 is 20.1 Å². The minimum atomic E-state index is -0.681. The molecule has 1 amide bonds. The van der Waals surface area contributed by atoms with E-state index >= 15 is 0 Å². The molecule has 9 heteroatoms. The molecule has 0 unspecified atom stereocenters. The second kappa shape index (κ2) is 11.4. The fourth-order valence-corrected chi connectivity index (χ4v) is 3.25. The van der Waals surface area contributed by atoms with Crippen LogP contribution in [0.15, 0.2) is 33.9 Å². The van der Waals surface area contributed by atoms with Crippen molar-refractivity contribution in [3.05, 3.63) is 50.7 Å². The molecular weight excluding hydrogens is 400 g/mol. The fourth-order valence-electron chi connectivity index (χ4n) is 3.25. The molecule has 0 aliphatic heterocycles. The van der Waals surface area contributed by atoms with Crippen molar-refractivity contribution in [1.29, 1.82) is 0 Å². The molecule has 0 aliphatic rings. The number of hydrogen-bond acceptors (Lipinski definition) is 6. The van der Waals surface area contributed by atoms with Crippen molar-refractivity contribution in [2.24, 2.45) is 5.92 Å². The number of nitrogens with two attached hydrogens (primary N) is 1. The van der Waals surface area contributed by atoms with Crippen molar-refractivity contribution >= 4 is 17.4 Å². The number of amides is 1. The van der Waals surface area contributed by atoms with Gasteiger partial charge in [0.05, 0.1) is 13.0 Å². The SMILES string of the molecule is CCOc1ccc(CC(=O)N(CCCOC)c2c(N)n(CC(C)C)c(=O)[nH]c2=O)cc1. The third-order valence-corrected chi connectivity index (χ3v) is 4.65. The molecule has 0 spiro atoms. The van der Waals surface area contributed by atoms with Crippen molar-refractivity contribution in [3.63, 3.8) is 0 Å². The first-order valence-corrected chi connectivity index (χ1v) is 10.4. The number of methoxy groups -OCH3 is 1. The summed E-state index contributed by atoms with van der Waals surface area (Å²) in [5.74, 6) is 0.532. The second-order valence-corrected chi connectivity index (χ2v) is 7.64. The molecule has 170 valence electrons. The maximum atomic E-state index is 13.2. The summed E-state index contributed by atoms with van der Waals surface area (Å²) in [5.41, 5.74) is 5.72. The summed E-state index contributed by atoms with van der Waals surface area (Å²) in [4.78, 5) is 41.8. The molecule has 9 nitrogen and oxygen atoms in total. The maximum Gasteiger partial charge on any atom is 0.330 e. The molecule has 1 aromatic carbocycles. The van der Waals surface area contributed by atoms with E-state index in [1.807, 2.05) is 32.9 Å². The van der Waals surface area contributed by atoms with Crippen molar-refractivity contribution in [1.82, 2.24) is 9.55 Å². The van der Waals surface area contributed by atoms with Crippen molar-refractivity contribution in [3.8, 4) is 5.75 Å². The molecule has 0 radical (unpaired) electrons. The van der Waals surface area contributed by atoms with Crippen LogP contribution in [0.5, 0.6) is 5.75 Å². The fraction of sp³-hybridized carbons (Fsp3) is 0.500. The first-order valence-electron chi connectivity index (χ1n) is 10.4. The average Bonchev–Trinajstić information content (AvgIpc) is 2.71. The third kappa shape index (κ3) is 6.45. The number of aromatic amines is 1. The number of hydrogen-bond donors (Lipinski definition) is 2. The number of H-pyrrole nitrogens is 1. The molecule has 31 heavy (non-hydrogen) atoms. The Morgan fingerprint density at radius 1 is 1.23 bits per heavy atom. The molecule has 2 aromatic rings. The Morgan fingerprint density at radius 2 is 1.90 bits per heavy atom. The number of carbonyl (C=O) groups excluding carboxylic acids is 1. The summed E-state index contributed by atoms with van der Waals surface area (Å²) in [6, 6.07) is 7.21. The lowest BCUT2D eigenvalue weighted by Gasteiger charge is -2.25. The number of anilines is 2. The Morgan fingerprint density at radius 3 is 2.48 bits per heavy atom. The summed E-state index contributed by atoms with van der Waals surface area (Å²) >= 11 is 0. The first kappa shape index (κ1) is 24.2. The number of ether oxygens (including phenoxy) is 2. The van der Waals surface area contributed by atoms with Gasteiger partial charge in [-0.1, -0.05) is 26.0 Å². The molecular formula is C22H32N4O5. The zero-order valence-electron chi connectivity index (χ0n) is 18.6. The van der Waals surface area contributed by atoms with Gasteiger partial charge in [0, 0.05) is 26.8 Å². The summed E-state index contributed by atoms with van der Waals surface area (Å²) < 4.78 is 11.8. The summed E-state index contributed by atoms with van der Waals surface area (Å²) in [6.07, 6.45) is 0.579. The minimum Gasteiger partial charge on any atom is -0.494 e. The highest BCUT2D eigenvalue weighted by molar-refractivity contribution is 5.96. The largest absolute Gasteiger partial charge is 0.494 e. The molecule has 2 rings (SSSR count). The van der Waals surface area contributed by atoms with Crippen LogP contribution in [0.2, 0.25) is 0 Å². The van der Waals surface area contributed by atoms with E-state index in [4.69, 9.17) is 15.2 Å². The van der Waals surface area contributed by atoms with Crippen LogP contribution in [0, 0.1) is 5.92 Å². The highest BCUT2D eigenvalue weighted by Crippen LogP contribution is 2.20. The molecule has 0 aliphatic carbocycles. The van der Waals surface area contributed by atoms with E-state index in [-0.39, 0.29) is 36.3 Å². The van der Waals surface area contributed by atoms with Crippen LogP contribution in [0.3, 0.4) is 0 Å². The molecule has 0 fully saturated rings. The first-order chi connectivity index (χ1) is 14.8. The Balaban J connectivity index is 2.40. The molecule has 0 saturated heterocycles. The van der Waals surface area contributed by atoms with Crippen LogP contribution >= 0.6 is 0 Å². The zero-order valence-corrected chi connectivity index (χ0v) is 18.6. The predicted molar refractivity (Wildman–Crippen MR) is 121 cm³/mol. The molecule has 0 bridgehead atoms. The van der Waals surface area contributed by atoms with E-state index in [0.717, 1.165) is 11.3 Å². The standard InChI is InChI=1S/C22H32N4O5/c1-5-31-17-9-7-16(8-10-17)13-18(27)25(11-6-12-30-4)19-20(23)26(14-15(2)3)22(29)24-21(19)28/h7-10,15H,5-6,11-14,23H2,1-4H3,(H,24,28,29). The van der Waals surface area contributed by atoms with Crippen molar-refractivity contribution in [2.75, 3.05) is 37.5 Å². The lowest BCUT2D eigenvalue weighted by molar-refractivity contribution is -0.118. The zero-order chi connectivity index (χ0) is 23.0. The molecule has 1 aromatic heterocycles. The topological polar surface area (TPSA) is 120 Å². The van der Waals surface area contributed by atoms with Crippen LogP contribution in [-0.4, -0.2) is 42.3 Å². The van der Waals surface area contributed by atoms with E-state index < -0.39 is 11.2 Å². The highest BCUT2D eigenvalue weighted by Gasteiger charge is 2.24. The quantitative estimate of drug-likeness (QED) is 0.523. The van der Waals surface area contributed by atoms with Crippen LogP contribution in [0.4, 0.5) is 11.5 Å². The Hall–Kier alpha value is -3.07. The van der Waals surface area contributed by atoms with E-state index in [9.17, 15) is 14.4 Å². The maximum absolute atomic E-state index is 13.2. The monoisotopic (exact) mass is 432 g/mol. The Bertz CT molecular complexity index is 979. The van der Waals surface area contributed by atoms with Gasteiger partial charge in [0.15, 0.2) is 5.69 Å². The van der Waals surface area contributed by atoms with E-state index in [1.165, 1.54) is 9.47 Å². The van der Waals surface area contributed by atoms with E-state index in [0.29, 0.717) is 26.2 Å². The smallest absolute Gasteiger partial charge is 0.330 e. The van der Waals surface area contributed by atoms with Gasteiger partial charge in [-0.15, -0.1) is 0 Å². The molecule has 3 N–H and O–H groups in total. The highest BCUT2D eigenvalue weighted by atomic mass is 16.5. The Labute approximate surface area is 181 Å². The lowest BCUT2D eigenvalue weighted by Crippen LogP contribution is -2.42. The van der Waals surface area contributed by atoms with Crippen LogP contribution in [-0.2, 0) is 22.5 Å². The van der Waals surface area contributed by atoms with Crippen LogP contribution < -0.4 is 26.6 Å². The molecule has 0 saturated carbocycles. The summed E-state index contributed by atoms with van der Waals surface area (Å²) in [6.45, 7) is 7.30. The van der Waals surface area contributed by atoms with Crippen molar-refractivity contribution in [2.45, 2.75) is 40.2 Å². The van der Waals surface area contributed by atoms with Gasteiger partial charge in [0.25, 0.3) is 5.56 Å². The lowest BCUT2D eigenvalue weighted by atomic mass is 10.1. The number of nitrogen functional groups attached to an aromatic ring is 1. The number of carbonyl (C=O) groups is 1. The summed E-state index contributed by atoms with van der Waals surface area (Å²) in [7, 11) is 1.57. The normalized spacial score (nSPS) is 11.0. The molecule has 1 heterocycles. The number of nitrogens with zero attached hydrogens (tertiary/aromatic N) is 2. The van der Waals surface area contributed by atoms with Gasteiger partial charge in [0.1, 0.15) is 11.6 Å². The minimum absolute atomic E-state index is 0.00714. The number of benzene rings is 1. The Kier molecular flexibility index (Phi) is 8.87. The van der Waals surface area contributed by atoms with E-state index in [2.05, 4.69) is 4.98 Å². The van der Waals surface area contributed by atoms with Gasteiger partial charge in [-0.3, -0.25) is 19.1 Å². The van der Waals surface area contributed by atoms with Gasteiger partial charge in [-0.2, -0.15) is 0 Å².